The van der Waals surface area contributed by atoms with Crippen LogP contribution in [0.4, 0.5) is 5.69 Å². The molecule has 6 nitrogen and oxygen atoms in total. The first-order valence-electron chi connectivity index (χ1n) is 8.02. The summed E-state index contributed by atoms with van der Waals surface area (Å²) in [4.78, 5) is 36.6. The third-order valence-electron chi connectivity index (χ3n) is 4.10. The highest BCUT2D eigenvalue weighted by atomic mass is 79.9. The van der Waals surface area contributed by atoms with E-state index in [-0.39, 0.29) is 18.9 Å². The van der Waals surface area contributed by atoms with Crippen molar-refractivity contribution in [3.63, 3.8) is 0 Å². The normalized spacial score (nSPS) is 18.5. The number of ether oxygens (including phenoxy) is 1. The Hall–Kier alpha value is -2.67. The van der Waals surface area contributed by atoms with Gasteiger partial charge in [0.15, 0.2) is 5.60 Å². The molecular weight excluding hydrogens is 400 g/mol. The topological polar surface area (TPSA) is 84.5 Å². The molecule has 7 heteroatoms. The van der Waals surface area contributed by atoms with Gasteiger partial charge in [0.1, 0.15) is 0 Å². The van der Waals surface area contributed by atoms with Crippen molar-refractivity contribution >= 4 is 39.4 Å². The Balaban J connectivity index is 1.60. The first-order valence-corrected chi connectivity index (χ1v) is 8.82. The summed E-state index contributed by atoms with van der Waals surface area (Å²) in [5, 5.41) is 5.22. The van der Waals surface area contributed by atoms with Crippen molar-refractivity contribution < 1.29 is 19.1 Å². The highest BCUT2D eigenvalue weighted by Gasteiger charge is 2.42. The summed E-state index contributed by atoms with van der Waals surface area (Å²) >= 11 is 3.32. The molecule has 0 radical (unpaired) electrons. The average molecular weight is 417 g/mol. The molecule has 0 bridgehead atoms. The molecule has 1 unspecified atom stereocenters. The Morgan fingerprint density at radius 3 is 2.58 bits per heavy atom. The number of benzene rings is 2. The largest absolute Gasteiger partial charge is 0.445 e. The van der Waals surface area contributed by atoms with Crippen molar-refractivity contribution in [2.24, 2.45) is 0 Å². The molecule has 1 atom stereocenters. The van der Waals surface area contributed by atoms with Crippen molar-refractivity contribution in [1.82, 2.24) is 5.32 Å². The van der Waals surface area contributed by atoms with Gasteiger partial charge >= 0.3 is 5.97 Å². The predicted octanol–water partition coefficient (Wildman–Crippen LogP) is 2.68. The number of hydrogen-bond acceptors (Lipinski definition) is 4. The second-order valence-electron chi connectivity index (χ2n) is 6.19. The Morgan fingerprint density at radius 1 is 1.15 bits per heavy atom. The van der Waals surface area contributed by atoms with Crippen molar-refractivity contribution in [3.8, 4) is 0 Å². The zero-order chi connectivity index (χ0) is 18.7. The smallest absolute Gasteiger partial charge is 0.339 e. The Labute approximate surface area is 159 Å². The summed E-state index contributed by atoms with van der Waals surface area (Å²) in [6.07, 6.45) is 0.259. The first kappa shape index (κ1) is 18.1. The van der Waals surface area contributed by atoms with Gasteiger partial charge in [-0.3, -0.25) is 9.59 Å². The molecular formula is C19H17BrN2O4. The van der Waals surface area contributed by atoms with E-state index in [0.29, 0.717) is 11.3 Å². The van der Waals surface area contributed by atoms with E-state index in [2.05, 4.69) is 26.6 Å². The van der Waals surface area contributed by atoms with Crippen molar-refractivity contribution in [3.05, 3.63) is 64.1 Å². The Kier molecular flexibility index (Phi) is 5.08. The maximum Gasteiger partial charge on any atom is 0.339 e. The number of carbonyl (C=O) groups excluding carboxylic acids is 3. The average Bonchev–Trinajstić information content (AvgIpc) is 2.61. The third-order valence-corrected chi connectivity index (χ3v) is 4.63. The lowest BCUT2D eigenvalue weighted by atomic mass is 9.89. The number of anilines is 1. The second kappa shape index (κ2) is 7.29. The molecule has 0 aliphatic carbocycles. The number of rotatable bonds is 4. The van der Waals surface area contributed by atoms with E-state index in [1.165, 1.54) is 0 Å². The molecule has 2 amide bonds. The van der Waals surface area contributed by atoms with Crippen LogP contribution < -0.4 is 10.6 Å². The van der Waals surface area contributed by atoms with E-state index < -0.39 is 17.5 Å². The fourth-order valence-corrected chi connectivity index (χ4v) is 3.01. The van der Waals surface area contributed by atoms with E-state index in [0.717, 1.165) is 10.0 Å². The predicted molar refractivity (Wildman–Crippen MR) is 99.7 cm³/mol. The molecule has 0 saturated heterocycles. The third kappa shape index (κ3) is 3.94. The fourth-order valence-electron chi connectivity index (χ4n) is 2.75. The molecule has 2 N–H and O–H groups in total. The standard InChI is InChI=1S/C19H17BrN2O4/c1-19(10-12-4-2-3-5-15(12)17(24)26-19)18(25)21-11-16(23)22-14-8-6-13(20)7-9-14/h2-9H,10-11H2,1H3,(H,21,25)(H,22,23). The minimum atomic E-state index is -1.34. The van der Waals surface area contributed by atoms with E-state index >= 15 is 0 Å². The number of halogens is 1. The Bertz CT molecular complexity index is 866. The van der Waals surface area contributed by atoms with E-state index in [1.807, 2.05) is 0 Å². The first-order chi connectivity index (χ1) is 12.4. The quantitative estimate of drug-likeness (QED) is 0.750. The molecule has 2 aromatic rings. The fraction of sp³-hybridized carbons (Fsp3) is 0.211. The molecule has 134 valence electrons. The van der Waals surface area contributed by atoms with Gasteiger partial charge in [0.2, 0.25) is 5.91 Å². The summed E-state index contributed by atoms with van der Waals surface area (Å²) < 4.78 is 6.24. The maximum absolute atomic E-state index is 12.5. The minimum Gasteiger partial charge on any atom is -0.445 e. The SMILES string of the molecule is CC1(C(=O)NCC(=O)Nc2ccc(Br)cc2)Cc2ccccc2C(=O)O1. The van der Waals surface area contributed by atoms with Gasteiger partial charge < -0.3 is 15.4 Å². The zero-order valence-electron chi connectivity index (χ0n) is 14.0. The number of esters is 1. The molecule has 0 saturated carbocycles. The molecule has 26 heavy (non-hydrogen) atoms. The molecule has 0 fully saturated rings. The molecule has 1 aliphatic heterocycles. The van der Waals surface area contributed by atoms with E-state index in [9.17, 15) is 14.4 Å². The van der Waals surface area contributed by atoms with Gasteiger partial charge in [-0.15, -0.1) is 0 Å². The number of nitrogens with one attached hydrogen (secondary N) is 2. The molecule has 2 aromatic carbocycles. The Morgan fingerprint density at radius 2 is 1.85 bits per heavy atom. The van der Waals surface area contributed by atoms with Crippen LogP contribution in [0, 0.1) is 0 Å². The molecule has 0 spiro atoms. The van der Waals surface area contributed by atoms with Crippen molar-refractivity contribution in [2.75, 3.05) is 11.9 Å². The van der Waals surface area contributed by atoms with Crippen molar-refractivity contribution in [1.29, 1.82) is 0 Å². The van der Waals surface area contributed by atoms with Gasteiger partial charge in [0.25, 0.3) is 5.91 Å². The van der Waals surface area contributed by atoms with Gasteiger partial charge in [-0.2, -0.15) is 0 Å². The number of amides is 2. The summed E-state index contributed by atoms with van der Waals surface area (Å²) in [7, 11) is 0. The van der Waals surface area contributed by atoms with Gasteiger partial charge in [-0.1, -0.05) is 34.1 Å². The number of fused-ring (bicyclic) bond motifs is 1. The molecule has 1 aliphatic rings. The van der Waals surface area contributed by atoms with Gasteiger partial charge in [-0.25, -0.2) is 4.79 Å². The number of carbonyl (C=O) groups is 3. The van der Waals surface area contributed by atoms with Crippen LogP contribution in [0.5, 0.6) is 0 Å². The van der Waals surface area contributed by atoms with Gasteiger partial charge in [-0.05, 0) is 42.8 Å². The lowest BCUT2D eigenvalue weighted by molar-refractivity contribution is -0.140. The van der Waals surface area contributed by atoms with Crippen LogP contribution in [-0.4, -0.2) is 29.9 Å². The summed E-state index contributed by atoms with van der Waals surface area (Å²) in [6, 6.07) is 14.1. The van der Waals surface area contributed by atoms with E-state index in [1.54, 1.807) is 55.5 Å². The van der Waals surface area contributed by atoms with Crippen LogP contribution in [0.15, 0.2) is 53.0 Å². The second-order valence-corrected chi connectivity index (χ2v) is 7.11. The lowest BCUT2D eigenvalue weighted by Crippen LogP contribution is -2.52. The number of cyclic esters (lactones) is 1. The zero-order valence-corrected chi connectivity index (χ0v) is 15.6. The van der Waals surface area contributed by atoms with Crippen LogP contribution in [0.25, 0.3) is 0 Å². The van der Waals surface area contributed by atoms with Gasteiger partial charge in [0.05, 0.1) is 12.1 Å². The monoisotopic (exact) mass is 416 g/mol. The van der Waals surface area contributed by atoms with Crippen LogP contribution in [0.1, 0.15) is 22.8 Å². The van der Waals surface area contributed by atoms with Crippen LogP contribution in [-0.2, 0) is 20.7 Å². The van der Waals surface area contributed by atoms with E-state index in [4.69, 9.17) is 4.74 Å². The highest BCUT2D eigenvalue weighted by Crippen LogP contribution is 2.28. The molecule has 1 heterocycles. The van der Waals surface area contributed by atoms with Gasteiger partial charge in [0, 0.05) is 16.6 Å². The minimum absolute atomic E-state index is 0.219. The number of hydrogen-bond donors (Lipinski definition) is 2. The van der Waals surface area contributed by atoms with Crippen molar-refractivity contribution in [2.45, 2.75) is 18.9 Å². The lowest BCUT2D eigenvalue weighted by Gasteiger charge is -2.32. The maximum atomic E-state index is 12.5. The van der Waals surface area contributed by atoms with Crippen LogP contribution in [0.3, 0.4) is 0 Å². The molecule has 0 aromatic heterocycles. The van der Waals surface area contributed by atoms with Crippen LogP contribution in [0.2, 0.25) is 0 Å². The summed E-state index contributed by atoms with van der Waals surface area (Å²) in [5.74, 6) is -1.41. The van der Waals surface area contributed by atoms with Crippen LogP contribution >= 0.6 is 15.9 Å². The molecule has 3 rings (SSSR count). The highest BCUT2D eigenvalue weighted by molar-refractivity contribution is 9.10. The summed E-state index contributed by atoms with van der Waals surface area (Å²) in [6.45, 7) is 1.33. The summed E-state index contributed by atoms with van der Waals surface area (Å²) in [5.41, 5.74) is 0.492.